The van der Waals surface area contributed by atoms with E-state index in [-0.39, 0.29) is 23.3 Å². The summed E-state index contributed by atoms with van der Waals surface area (Å²) >= 11 is 2.88. The number of thiophene rings is 1. The predicted octanol–water partition coefficient (Wildman–Crippen LogP) is 4.13. The van der Waals surface area contributed by atoms with E-state index in [2.05, 4.69) is 24.1 Å². The molecule has 0 aromatic carbocycles. The zero-order chi connectivity index (χ0) is 19.4. The molecule has 0 unspecified atom stereocenters. The molecule has 2 aromatic rings. The smallest absolute Gasteiger partial charge is 0.263 e. The number of aryl methyl sites for hydroxylation is 2. The highest BCUT2D eigenvalue weighted by atomic mass is 32.2. The number of fused-ring (bicyclic) bond motifs is 1. The van der Waals surface area contributed by atoms with Gasteiger partial charge in [0.2, 0.25) is 5.91 Å². The number of hydrogen-bond donors (Lipinski definition) is 1. The maximum absolute atomic E-state index is 12.8. The quantitative estimate of drug-likeness (QED) is 0.539. The molecule has 2 heterocycles. The van der Waals surface area contributed by atoms with Crippen molar-refractivity contribution in [3.63, 3.8) is 0 Å². The summed E-state index contributed by atoms with van der Waals surface area (Å²) in [4.78, 5) is 31.6. The van der Waals surface area contributed by atoms with Crippen molar-refractivity contribution in [2.45, 2.75) is 72.1 Å². The van der Waals surface area contributed by atoms with Gasteiger partial charge >= 0.3 is 0 Å². The minimum absolute atomic E-state index is 0.00689. The molecule has 1 amide bonds. The van der Waals surface area contributed by atoms with Crippen LogP contribution in [-0.4, -0.2) is 27.3 Å². The lowest BCUT2D eigenvalue weighted by Crippen LogP contribution is -2.34. The van der Waals surface area contributed by atoms with Gasteiger partial charge in [0, 0.05) is 17.5 Å². The van der Waals surface area contributed by atoms with Gasteiger partial charge in [0.1, 0.15) is 4.83 Å². The van der Waals surface area contributed by atoms with Crippen molar-refractivity contribution >= 4 is 39.2 Å². The van der Waals surface area contributed by atoms with Gasteiger partial charge < -0.3 is 5.32 Å². The molecule has 0 fully saturated rings. The van der Waals surface area contributed by atoms with E-state index in [0.29, 0.717) is 23.0 Å². The van der Waals surface area contributed by atoms with Gasteiger partial charge in [0.25, 0.3) is 5.56 Å². The van der Waals surface area contributed by atoms with Crippen molar-refractivity contribution in [2.75, 3.05) is 5.75 Å². The van der Waals surface area contributed by atoms with Crippen molar-refractivity contribution in [1.82, 2.24) is 14.9 Å². The normalized spacial score (nSPS) is 12.7. The first-order valence-corrected chi connectivity index (χ1v) is 11.0. The third-order valence-electron chi connectivity index (χ3n) is 4.49. The second kappa shape index (κ2) is 9.04. The molecular formula is C19H29N3O2S2. The molecule has 0 aliphatic carbocycles. The summed E-state index contributed by atoms with van der Waals surface area (Å²) in [5, 5.41) is 4.37. The minimum Gasteiger partial charge on any atom is -0.353 e. The molecule has 1 atom stereocenters. The zero-order valence-electron chi connectivity index (χ0n) is 16.5. The Kier molecular flexibility index (Phi) is 7.29. The molecule has 0 radical (unpaired) electrons. The SMILES string of the molecule is CCn1c(SCC(=O)N[C@@H](C)CCC(C)C)nc2sc(C)c(C)c2c1=O. The van der Waals surface area contributed by atoms with Gasteiger partial charge in [-0.1, -0.05) is 25.6 Å². The van der Waals surface area contributed by atoms with Crippen LogP contribution in [0.3, 0.4) is 0 Å². The average Bonchev–Trinajstić information content (AvgIpc) is 2.85. The number of nitrogens with one attached hydrogen (secondary N) is 1. The van der Waals surface area contributed by atoms with Crippen molar-refractivity contribution in [2.24, 2.45) is 5.92 Å². The van der Waals surface area contributed by atoms with Gasteiger partial charge in [-0.15, -0.1) is 11.3 Å². The van der Waals surface area contributed by atoms with Crippen LogP contribution in [0.1, 0.15) is 51.0 Å². The van der Waals surface area contributed by atoms with Gasteiger partial charge in [-0.3, -0.25) is 14.2 Å². The summed E-state index contributed by atoms with van der Waals surface area (Å²) in [5.41, 5.74) is 1.01. The van der Waals surface area contributed by atoms with Crippen LogP contribution >= 0.6 is 23.1 Å². The summed E-state index contributed by atoms with van der Waals surface area (Å²) in [5.74, 6) is 0.894. The molecule has 2 aromatic heterocycles. The fourth-order valence-electron chi connectivity index (χ4n) is 2.80. The number of nitrogens with zero attached hydrogens (tertiary/aromatic N) is 2. The molecule has 0 saturated heterocycles. The van der Waals surface area contributed by atoms with E-state index in [1.807, 2.05) is 27.7 Å². The van der Waals surface area contributed by atoms with Crippen LogP contribution in [0.2, 0.25) is 0 Å². The Labute approximate surface area is 163 Å². The number of carbonyl (C=O) groups excluding carboxylic acids is 1. The Morgan fingerprint density at radius 3 is 2.58 bits per heavy atom. The van der Waals surface area contributed by atoms with E-state index in [1.54, 1.807) is 15.9 Å². The van der Waals surface area contributed by atoms with Crippen LogP contribution in [-0.2, 0) is 11.3 Å². The number of amides is 1. The first-order chi connectivity index (χ1) is 12.2. The first kappa shape index (κ1) is 21.0. The highest BCUT2D eigenvalue weighted by Gasteiger charge is 2.17. The lowest BCUT2D eigenvalue weighted by molar-refractivity contribution is -0.119. The first-order valence-electron chi connectivity index (χ1n) is 9.17. The van der Waals surface area contributed by atoms with E-state index < -0.39 is 0 Å². The zero-order valence-corrected chi connectivity index (χ0v) is 18.1. The fraction of sp³-hybridized carbons (Fsp3) is 0.632. The van der Waals surface area contributed by atoms with Crippen LogP contribution < -0.4 is 10.9 Å². The lowest BCUT2D eigenvalue weighted by atomic mass is 10.0. The van der Waals surface area contributed by atoms with Crippen molar-refractivity contribution in [3.05, 3.63) is 20.8 Å². The Morgan fingerprint density at radius 1 is 1.27 bits per heavy atom. The molecular weight excluding hydrogens is 366 g/mol. The van der Waals surface area contributed by atoms with Crippen LogP contribution in [0, 0.1) is 19.8 Å². The van der Waals surface area contributed by atoms with Gasteiger partial charge in [-0.05, 0) is 52.0 Å². The molecule has 0 aliphatic rings. The molecule has 0 bridgehead atoms. The molecule has 7 heteroatoms. The number of carbonyl (C=O) groups is 1. The highest BCUT2D eigenvalue weighted by Crippen LogP contribution is 2.28. The summed E-state index contributed by atoms with van der Waals surface area (Å²) in [6.45, 7) is 12.9. The van der Waals surface area contributed by atoms with E-state index >= 15 is 0 Å². The average molecular weight is 396 g/mol. The van der Waals surface area contributed by atoms with Crippen LogP contribution in [0.25, 0.3) is 10.2 Å². The van der Waals surface area contributed by atoms with Crippen molar-refractivity contribution in [1.29, 1.82) is 0 Å². The van der Waals surface area contributed by atoms with Gasteiger partial charge in [-0.25, -0.2) is 4.98 Å². The predicted molar refractivity (Wildman–Crippen MR) is 111 cm³/mol. The molecule has 26 heavy (non-hydrogen) atoms. The number of rotatable bonds is 8. The maximum atomic E-state index is 12.8. The molecule has 144 valence electrons. The van der Waals surface area contributed by atoms with Gasteiger partial charge in [0.05, 0.1) is 11.1 Å². The second-order valence-electron chi connectivity index (χ2n) is 7.14. The third kappa shape index (κ3) is 4.88. The Morgan fingerprint density at radius 2 is 1.96 bits per heavy atom. The van der Waals surface area contributed by atoms with E-state index in [1.165, 1.54) is 11.8 Å². The molecule has 0 aliphatic heterocycles. The highest BCUT2D eigenvalue weighted by molar-refractivity contribution is 7.99. The molecule has 5 nitrogen and oxygen atoms in total. The summed E-state index contributed by atoms with van der Waals surface area (Å²) in [7, 11) is 0. The molecule has 1 N–H and O–H groups in total. The molecule has 0 spiro atoms. The minimum atomic E-state index is -0.0122. The standard InChI is InChI=1S/C19H29N3O2S2/c1-7-22-18(24)16-13(5)14(6)26-17(16)21-19(22)25-10-15(23)20-12(4)9-8-11(2)3/h11-12H,7-10H2,1-6H3,(H,20,23)/t12-/m0/s1. The lowest BCUT2D eigenvalue weighted by Gasteiger charge is -2.15. The Hall–Kier alpha value is -1.34. The van der Waals surface area contributed by atoms with Gasteiger partial charge in [0.15, 0.2) is 5.16 Å². The Balaban J connectivity index is 2.11. The van der Waals surface area contributed by atoms with E-state index in [0.717, 1.165) is 28.1 Å². The summed E-state index contributed by atoms with van der Waals surface area (Å²) in [6, 6.07) is 0.164. The fourth-order valence-corrected chi connectivity index (χ4v) is 4.74. The third-order valence-corrected chi connectivity index (χ3v) is 6.56. The monoisotopic (exact) mass is 395 g/mol. The number of aromatic nitrogens is 2. The topological polar surface area (TPSA) is 64.0 Å². The summed E-state index contributed by atoms with van der Waals surface area (Å²) < 4.78 is 1.67. The number of hydrogen-bond acceptors (Lipinski definition) is 5. The maximum Gasteiger partial charge on any atom is 0.263 e. The second-order valence-corrected chi connectivity index (χ2v) is 9.28. The van der Waals surface area contributed by atoms with Gasteiger partial charge in [-0.2, -0.15) is 0 Å². The largest absolute Gasteiger partial charge is 0.353 e. The van der Waals surface area contributed by atoms with Crippen LogP contribution in [0.15, 0.2) is 9.95 Å². The Bertz CT molecular complexity index is 839. The van der Waals surface area contributed by atoms with Crippen LogP contribution in [0.4, 0.5) is 0 Å². The summed E-state index contributed by atoms with van der Waals surface area (Å²) in [6.07, 6.45) is 2.07. The van der Waals surface area contributed by atoms with Crippen molar-refractivity contribution in [3.8, 4) is 0 Å². The van der Waals surface area contributed by atoms with Crippen LogP contribution in [0.5, 0.6) is 0 Å². The van der Waals surface area contributed by atoms with E-state index in [9.17, 15) is 9.59 Å². The van der Waals surface area contributed by atoms with E-state index in [4.69, 9.17) is 0 Å². The molecule has 2 rings (SSSR count). The van der Waals surface area contributed by atoms with Crippen molar-refractivity contribution < 1.29 is 4.79 Å². The molecule has 0 saturated carbocycles. The number of thioether (sulfide) groups is 1.